The van der Waals surface area contributed by atoms with Crippen LogP contribution in [0.15, 0.2) is 12.4 Å². The maximum atomic E-state index is 5.68. The molecule has 2 aromatic heterocycles. The van der Waals surface area contributed by atoms with Gasteiger partial charge in [-0.1, -0.05) is 11.6 Å². The fraction of sp³-hybridized carbons (Fsp3) is 0.286. The van der Waals surface area contributed by atoms with Crippen molar-refractivity contribution in [2.24, 2.45) is 0 Å². The summed E-state index contributed by atoms with van der Waals surface area (Å²) in [4.78, 5) is 8.03. The van der Waals surface area contributed by atoms with Crippen LogP contribution in [0.1, 0.15) is 5.82 Å². The maximum Gasteiger partial charge on any atom is 0.177 e. The van der Waals surface area contributed by atoms with Crippen LogP contribution >= 0.6 is 11.6 Å². The van der Waals surface area contributed by atoms with E-state index in [1.54, 1.807) is 17.7 Å². The van der Waals surface area contributed by atoms with Crippen LogP contribution in [0, 0.1) is 0 Å². The molecule has 2 aromatic rings. The summed E-state index contributed by atoms with van der Waals surface area (Å²) < 4.78 is 6.45. The second kappa shape index (κ2) is 3.27. The van der Waals surface area contributed by atoms with Crippen molar-refractivity contribution in [2.45, 2.75) is 6.61 Å². The molecular weight excluding hydrogens is 192 g/mol. The zero-order chi connectivity index (χ0) is 9.26. The number of hydrogen-bond donors (Lipinski definition) is 0. The van der Waals surface area contributed by atoms with Crippen LogP contribution in [-0.2, 0) is 11.3 Å². The number of methoxy groups -OCH3 is 1. The average Bonchev–Trinajstić information content (AvgIpc) is 2.46. The molecule has 6 heteroatoms. The van der Waals surface area contributed by atoms with E-state index >= 15 is 0 Å². The molecule has 0 N–H and O–H groups in total. The lowest BCUT2D eigenvalue weighted by Gasteiger charge is -1.88. The van der Waals surface area contributed by atoms with E-state index in [0.717, 1.165) is 0 Å². The largest absolute Gasteiger partial charge is 0.377 e. The van der Waals surface area contributed by atoms with E-state index in [2.05, 4.69) is 15.1 Å². The maximum absolute atomic E-state index is 5.68. The van der Waals surface area contributed by atoms with Crippen LogP contribution in [-0.4, -0.2) is 26.7 Å². The molecule has 0 aliphatic rings. The Labute approximate surface area is 79.3 Å². The lowest BCUT2D eigenvalue weighted by Crippen LogP contribution is -1.91. The van der Waals surface area contributed by atoms with Crippen LogP contribution in [0.2, 0.25) is 5.15 Å². The molecule has 0 aromatic carbocycles. The minimum absolute atomic E-state index is 0.388. The number of halogens is 1. The second-order valence-electron chi connectivity index (χ2n) is 2.48. The van der Waals surface area contributed by atoms with E-state index in [9.17, 15) is 0 Å². The van der Waals surface area contributed by atoms with Gasteiger partial charge in [-0.2, -0.15) is 0 Å². The monoisotopic (exact) mass is 198 g/mol. The van der Waals surface area contributed by atoms with E-state index in [1.807, 2.05) is 0 Å². The summed E-state index contributed by atoms with van der Waals surface area (Å²) >= 11 is 5.68. The SMILES string of the molecule is COCc1nc2cc(Cl)ncn2n1. The summed E-state index contributed by atoms with van der Waals surface area (Å²) in [7, 11) is 1.59. The van der Waals surface area contributed by atoms with Crippen molar-refractivity contribution in [3.63, 3.8) is 0 Å². The van der Waals surface area contributed by atoms with Gasteiger partial charge >= 0.3 is 0 Å². The quantitative estimate of drug-likeness (QED) is 0.674. The molecule has 2 heterocycles. The topological polar surface area (TPSA) is 52.3 Å². The molecule has 0 aliphatic heterocycles. The van der Waals surface area contributed by atoms with Crippen LogP contribution in [0.3, 0.4) is 0 Å². The van der Waals surface area contributed by atoms with E-state index < -0.39 is 0 Å². The van der Waals surface area contributed by atoms with Crippen LogP contribution in [0.5, 0.6) is 0 Å². The third-order valence-corrected chi connectivity index (χ3v) is 1.72. The van der Waals surface area contributed by atoms with Gasteiger partial charge in [0.15, 0.2) is 11.5 Å². The van der Waals surface area contributed by atoms with Gasteiger partial charge in [-0.3, -0.25) is 0 Å². The van der Waals surface area contributed by atoms with Crippen molar-refractivity contribution in [3.05, 3.63) is 23.4 Å². The Bertz CT molecular complexity index is 427. The molecule has 68 valence electrons. The van der Waals surface area contributed by atoms with Gasteiger partial charge in [0.25, 0.3) is 0 Å². The Morgan fingerprint density at radius 1 is 1.62 bits per heavy atom. The van der Waals surface area contributed by atoms with Crippen LogP contribution < -0.4 is 0 Å². The first-order valence-corrected chi connectivity index (χ1v) is 4.03. The molecule has 0 saturated carbocycles. The van der Waals surface area contributed by atoms with Crippen molar-refractivity contribution in [2.75, 3.05) is 7.11 Å². The summed E-state index contributed by atoms with van der Waals surface area (Å²) in [6.45, 7) is 0.388. The summed E-state index contributed by atoms with van der Waals surface area (Å²) in [5.74, 6) is 0.617. The van der Waals surface area contributed by atoms with Gasteiger partial charge in [0, 0.05) is 13.2 Å². The van der Waals surface area contributed by atoms with Crippen LogP contribution in [0.4, 0.5) is 0 Å². The first-order chi connectivity index (χ1) is 6.29. The Kier molecular flexibility index (Phi) is 2.12. The Balaban J connectivity index is 2.49. The number of ether oxygens (including phenoxy) is 1. The third kappa shape index (κ3) is 1.61. The van der Waals surface area contributed by atoms with E-state index in [4.69, 9.17) is 16.3 Å². The average molecular weight is 199 g/mol. The van der Waals surface area contributed by atoms with Crippen LogP contribution in [0.25, 0.3) is 5.65 Å². The fourth-order valence-corrected chi connectivity index (χ4v) is 1.15. The van der Waals surface area contributed by atoms with Gasteiger partial charge in [0.1, 0.15) is 18.1 Å². The van der Waals surface area contributed by atoms with E-state index in [1.165, 1.54) is 6.33 Å². The van der Waals surface area contributed by atoms with Crippen molar-refractivity contribution in [3.8, 4) is 0 Å². The highest BCUT2D eigenvalue weighted by Crippen LogP contribution is 2.07. The molecule has 0 amide bonds. The molecule has 0 aliphatic carbocycles. The van der Waals surface area contributed by atoms with Gasteiger partial charge in [-0.05, 0) is 0 Å². The number of hydrogen-bond acceptors (Lipinski definition) is 4. The van der Waals surface area contributed by atoms with Gasteiger partial charge in [0.2, 0.25) is 0 Å². The number of aromatic nitrogens is 4. The Morgan fingerprint density at radius 2 is 2.46 bits per heavy atom. The Hall–Kier alpha value is -1.20. The first kappa shape index (κ1) is 8.40. The number of nitrogens with zero attached hydrogens (tertiary/aromatic N) is 4. The zero-order valence-corrected chi connectivity index (χ0v) is 7.69. The van der Waals surface area contributed by atoms with E-state index in [0.29, 0.717) is 23.2 Å². The second-order valence-corrected chi connectivity index (χ2v) is 2.86. The zero-order valence-electron chi connectivity index (χ0n) is 6.94. The molecule has 0 radical (unpaired) electrons. The molecule has 0 saturated heterocycles. The first-order valence-electron chi connectivity index (χ1n) is 3.65. The standard InChI is InChI=1S/C7H7ClN4O/c1-13-3-6-10-7-2-5(8)9-4-12(7)11-6/h2,4H,3H2,1H3. The van der Waals surface area contributed by atoms with Crippen molar-refractivity contribution >= 4 is 17.2 Å². The number of fused-ring (bicyclic) bond motifs is 1. The van der Waals surface area contributed by atoms with Gasteiger partial charge < -0.3 is 4.74 Å². The predicted molar refractivity (Wildman–Crippen MR) is 46.5 cm³/mol. The lowest BCUT2D eigenvalue weighted by atomic mass is 10.6. The summed E-state index contributed by atoms with van der Waals surface area (Å²) in [5, 5.41) is 4.51. The lowest BCUT2D eigenvalue weighted by molar-refractivity contribution is 0.178. The normalized spacial score (nSPS) is 10.9. The summed E-state index contributed by atoms with van der Waals surface area (Å²) in [6, 6.07) is 1.65. The van der Waals surface area contributed by atoms with Crippen molar-refractivity contribution in [1.29, 1.82) is 0 Å². The molecular formula is C7H7ClN4O. The van der Waals surface area contributed by atoms with Crippen molar-refractivity contribution in [1.82, 2.24) is 19.6 Å². The molecule has 2 rings (SSSR count). The van der Waals surface area contributed by atoms with Gasteiger partial charge in [-0.15, -0.1) is 5.10 Å². The molecule has 0 fully saturated rings. The highest BCUT2D eigenvalue weighted by molar-refractivity contribution is 6.29. The van der Waals surface area contributed by atoms with E-state index in [-0.39, 0.29) is 0 Å². The minimum Gasteiger partial charge on any atom is -0.377 e. The Morgan fingerprint density at radius 3 is 3.23 bits per heavy atom. The number of rotatable bonds is 2. The molecule has 0 bridgehead atoms. The highest BCUT2D eigenvalue weighted by Gasteiger charge is 2.03. The molecule has 0 atom stereocenters. The smallest absolute Gasteiger partial charge is 0.177 e. The summed E-state index contributed by atoms with van der Waals surface area (Å²) in [6.07, 6.45) is 1.52. The third-order valence-electron chi connectivity index (χ3n) is 1.51. The van der Waals surface area contributed by atoms with Gasteiger partial charge in [0.05, 0.1) is 0 Å². The highest BCUT2D eigenvalue weighted by atomic mass is 35.5. The fourth-order valence-electron chi connectivity index (χ4n) is 1.01. The molecule has 0 spiro atoms. The summed E-state index contributed by atoms with van der Waals surface area (Å²) in [5.41, 5.74) is 0.673. The van der Waals surface area contributed by atoms with Gasteiger partial charge in [-0.25, -0.2) is 14.5 Å². The predicted octanol–water partition coefficient (Wildman–Crippen LogP) is 0.924. The van der Waals surface area contributed by atoms with Crippen molar-refractivity contribution < 1.29 is 4.74 Å². The molecule has 0 unspecified atom stereocenters. The minimum atomic E-state index is 0.388. The molecule has 13 heavy (non-hydrogen) atoms. The molecule has 5 nitrogen and oxygen atoms in total.